The number of carbonyl (C=O) groups excluding carboxylic acids is 1. The summed E-state index contributed by atoms with van der Waals surface area (Å²) in [6.45, 7) is 7.20. The molecule has 1 atom stereocenters. The van der Waals surface area contributed by atoms with Gasteiger partial charge in [0.15, 0.2) is 0 Å². The molecule has 1 fully saturated rings. The molecule has 0 aromatic heterocycles. The van der Waals surface area contributed by atoms with E-state index in [1.54, 1.807) is 7.05 Å². The van der Waals surface area contributed by atoms with Gasteiger partial charge in [-0.1, -0.05) is 26.1 Å². The number of nitrogens with one attached hydrogen (secondary N) is 1. The third-order valence-corrected chi connectivity index (χ3v) is 4.62. The van der Waals surface area contributed by atoms with Gasteiger partial charge in [0.1, 0.15) is 0 Å². The van der Waals surface area contributed by atoms with Crippen LogP contribution in [-0.4, -0.2) is 42.5 Å². The normalized spacial score (nSPS) is 21.1. The van der Waals surface area contributed by atoms with Crippen molar-refractivity contribution in [1.82, 2.24) is 10.2 Å². The highest BCUT2D eigenvalue weighted by molar-refractivity contribution is 7.80. The Kier molecular flexibility index (Phi) is 6.20. The molecule has 0 saturated carbocycles. The fourth-order valence-electron chi connectivity index (χ4n) is 2.54. The van der Waals surface area contributed by atoms with Gasteiger partial charge >= 0.3 is 0 Å². The molecule has 0 aliphatic carbocycles. The molecule has 1 aliphatic rings. The number of carbonyl (C=O) groups is 1. The number of nitrogens with two attached hydrogens (primary N) is 1. The zero-order valence-electron chi connectivity index (χ0n) is 12.4. The Bertz CT molecular complexity index is 331. The highest BCUT2D eigenvalue weighted by atomic mass is 32.1. The third kappa shape index (κ3) is 5.07. The highest BCUT2D eigenvalue weighted by Crippen LogP contribution is 2.24. The van der Waals surface area contributed by atoms with Crippen molar-refractivity contribution >= 4 is 23.1 Å². The summed E-state index contributed by atoms with van der Waals surface area (Å²) in [5.74, 6) is 0.329. The summed E-state index contributed by atoms with van der Waals surface area (Å²) in [6.07, 6.45) is 4.19. The molecular formula is C14H27N3OS. The monoisotopic (exact) mass is 285 g/mol. The van der Waals surface area contributed by atoms with Crippen LogP contribution in [0.1, 0.15) is 39.5 Å². The first kappa shape index (κ1) is 16.4. The maximum atomic E-state index is 11.7. The molecule has 19 heavy (non-hydrogen) atoms. The Morgan fingerprint density at radius 1 is 1.53 bits per heavy atom. The molecule has 1 unspecified atom stereocenters. The quantitative estimate of drug-likeness (QED) is 0.727. The van der Waals surface area contributed by atoms with E-state index < -0.39 is 0 Å². The van der Waals surface area contributed by atoms with Crippen molar-refractivity contribution in [1.29, 1.82) is 0 Å². The molecule has 0 aromatic carbocycles. The van der Waals surface area contributed by atoms with Gasteiger partial charge in [0.25, 0.3) is 0 Å². The molecule has 4 nitrogen and oxygen atoms in total. The number of amides is 1. The van der Waals surface area contributed by atoms with E-state index in [1.807, 2.05) is 0 Å². The first-order valence-corrected chi connectivity index (χ1v) is 7.51. The number of rotatable bonds is 6. The number of thiocarbonyl (C=S) groups is 1. The van der Waals surface area contributed by atoms with Gasteiger partial charge in [-0.2, -0.15) is 0 Å². The zero-order chi connectivity index (χ0) is 14.5. The van der Waals surface area contributed by atoms with Crippen molar-refractivity contribution in [3.05, 3.63) is 0 Å². The van der Waals surface area contributed by atoms with E-state index in [4.69, 9.17) is 18.0 Å². The minimum atomic E-state index is -0.0642. The Morgan fingerprint density at radius 2 is 2.21 bits per heavy atom. The van der Waals surface area contributed by atoms with Crippen LogP contribution in [0.2, 0.25) is 0 Å². The molecule has 0 bridgehead atoms. The third-order valence-electron chi connectivity index (χ3n) is 4.07. The maximum absolute atomic E-state index is 11.7. The summed E-state index contributed by atoms with van der Waals surface area (Å²) in [6, 6.07) is 0. The van der Waals surface area contributed by atoms with Gasteiger partial charge in [-0.3, -0.25) is 4.79 Å². The van der Waals surface area contributed by atoms with Crippen LogP contribution in [0.3, 0.4) is 0 Å². The number of piperidine rings is 1. The molecule has 110 valence electrons. The van der Waals surface area contributed by atoms with Crippen LogP contribution in [0.5, 0.6) is 0 Å². The summed E-state index contributed by atoms with van der Waals surface area (Å²) >= 11 is 5.08. The van der Waals surface area contributed by atoms with Crippen molar-refractivity contribution in [2.24, 2.45) is 17.1 Å². The average molecular weight is 285 g/mol. The minimum Gasteiger partial charge on any atom is -0.393 e. The molecule has 5 heteroatoms. The SMILES string of the molecule is CNC(=O)C1CCCN(CCCC(C)(C)C(N)=S)C1. The molecule has 0 radical (unpaired) electrons. The van der Waals surface area contributed by atoms with Crippen molar-refractivity contribution in [2.75, 3.05) is 26.7 Å². The van der Waals surface area contributed by atoms with Gasteiger partial charge in [-0.05, 0) is 38.8 Å². The molecule has 1 aliphatic heterocycles. The predicted octanol–water partition coefficient (Wildman–Crippen LogP) is 1.54. The molecule has 1 saturated heterocycles. The smallest absolute Gasteiger partial charge is 0.224 e. The van der Waals surface area contributed by atoms with Crippen LogP contribution < -0.4 is 11.1 Å². The van der Waals surface area contributed by atoms with E-state index in [1.165, 1.54) is 0 Å². The van der Waals surface area contributed by atoms with Gasteiger partial charge < -0.3 is 16.0 Å². The average Bonchev–Trinajstić information content (AvgIpc) is 2.37. The summed E-state index contributed by atoms with van der Waals surface area (Å²) in [5.41, 5.74) is 5.67. The van der Waals surface area contributed by atoms with Crippen LogP contribution in [0, 0.1) is 11.3 Å². The Hall–Kier alpha value is -0.680. The van der Waals surface area contributed by atoms with E-state index in [9.17, 15) is 4.79 Å². The number of hydrogen-bond donors (Lipinski definition) is 2. The number of hydrogen-bond acceptors (Lipinski definition) is 3. The van der Waals surface area contributed by atoms with Crippen LogP contribution >= 0.6 is 12.2 Å². The lowest BCUT2D eigenvalue weighted by molar-refractivity contribution is -0.126. The molecule has 0 spiro atoms. The lowest BCUT2D eigenvalue weighted by Crippen LogP contribution is -2.42. The predicted molar refractivity (Wildman–Crippen MR) is 83.0 cm³/mol. The summed E-state index contributed by atoms with van der Waals surface area (Å²) < 4.78 is 0. The molecular weight excluding hydrogens is 258 g/mol. The van der Waals surface area contributed by atoms with Crippen LogP contribution in [-0.2, 0) is 4.79 Å². The van der Waals surface area contributed by atoms with Crippen LogP contribution in [0.4, 0.5) is 0 Å². The van der Waals surface area contributed by atoms with Gasteiger partial charge in [0, 0.05) is 19.0 Å². The van der Waals surface area contributed by atoms with Gasteiger partial charge in [-0.25, -0.2) is 0 Å². The fraction of sp³-hybridized carbons (Fsp3) is 0.857. The van der Waals surface area contributed by atoms with E-state index in [2.05, 4.69) is 24.1 Å². The lowest BCUT2D eigenvalue weighted by atomic mass is 9.87. The topological polar surface area (TPSA) is 58.4 Å². The summed E-state index contributed by atoms with van der Waals surface area (Å²) in [4.78, 5) is 14.6. The standard InChI is InChI=1S/C14H27N3OS/c1-14(2,13(15)19)7-5-9-17-8-4-6-11(10-17)12(18)16-3/h11H,4-10H2,1-3H3,(H2,15,19)(H,16,18). The lowest BCUT2D eigenvalue weighted by Gasteiger charge is -2.32. The summed E-state index contributed by atoms with van der Waals surface area (Å²) in [7, 11) is 1.71. The van der Waals surface area contributed by atoms with E-state index in [0.29, 0.717) is 4.99 Å². The Morgan fingerprint density at radius 3 is 2.79 bits per heavy atom. The van der Waals surface area contributed by atoms with Crippen molar-refractivity contribution < 1.29 is 4.79 Å². The second kappa shape index (κ2) is 7.20. The molecule has 0 aromatic rings. The van der Waals surface area contributed by atoms with Crippen molar-refractivity contribution in [3.63, 3.8) is 0 Å². The second-order valence-electron chi connectivity index (χ2n) is 6.11. The van der Waals surface area contributed by atoms with Gasteiger partial charge in [-0.15, -0.1) is 0 Å². The van der Waals surface area contributed by atoms with E-state index in [-0.39, 0.29) is 17.2 Å². The van der Waals surface area contributed by atoms with E-state index >= 15 is 0 Å². The zero-order valence-corrected chi connectivity index (χ0v) is 13.2. The number of likely N-dealkylation sites (tertiary alicyclic amines) is 1. The van der Waals surface area contributed by atoms with Crippen molar-refractivity contribution in [3.8, 4) is 0 Å². The molecule has 3 N–H and O–H groups in total. The van der Waals surface area contributed by atoms with Crippen LogP contribution in [0.15, 0.2) is 0 Å². The first-order chi connectivity index (χ1) is 8.86. The number of nitrogens with zero attached hydrogens (tertiary/aromatic N) is 1. The first-order valence-electron chi connectivity index (χ1n) is 7.10. The van der Waals surface area contributed by atoms with Crippen molar-refractivity contribution in [2.45, 2.75) is 39.5 Å². The summed E-state index contributed by atoms with van der Waals surface area (Å²) in [5, 5.41) is 2.75. The second-order valence-corrected chi connectivity index (χ2v) is 6.55. The molecule has 1 amide bonds. The van der Waals surface area contributed by atoms with Crippen LogP contribution in [0.25, 0.3) is 0 Å². The maximum Gasteiger partial charge on any atom is 0.224 e. The minimum absolute atomic E-state index is 0.0642. The van der Waals surface area contributed by atoms with Gasteiger partial charge in [0.2, 0.25) is 5.91 Å². The molecule has 1 heterocycles. The fourth-order valence-corrected chi connectivity index (χ4v) is 2.65. The molecule has 1 rings (SSSR count). The van der Waals surface area contributed by atoms with E-state index in [0.717, 1.165) is 45.3 Å². The largest absolute Gasteiger partial charge is 0.393 e. The van der Waals surface area contributed by atoms with Gasteiger partial charge in [0.05, 0.1) is 10.9 Å². The Labute approximate surface area is 122 Å². The highest BCUT2D eigenvalue weighted by Gasteiger charge is 2.26. The Balaban J connectivity index is 2.33.